The molecule has 1 saturated heterocycles. The minimum atomic E-state index is -2.92. The number of benzene rings is 3. The van der Waals surface area contributed by atoms with E-state index >= 15 is 0 Å². The third-order valence-electron chi connectivity index (χ3n) is 6.14. The molecule has 1 unspecified atom stereocenters. The molecule has 2 amide bonds. The SMILES string of the molecule is O=C1CCN(c2ccc(F)cc2NC(=O)C(NC(=O)c2ccccc2F)C(O)(O)c2ccccc2)CC1. The molecule has 0 aliphatic carbocycles. The van der Waals surface area contributed by atoms with Crippen LogP contribution in [-0.4, -0.2) is 46.9 Å². The number of carbonyl (C=O) groups excluding carboxylic acids is 3. The number of nitrogens with one attached hydrogen (secondary N) is 2. The van der Waals surface area contributed by atoms with Crippen molar-refractivity contribution < 1.29 is 33.4 Å². The Morgan fingerprint density at radius 2 is 1.57 bits per heavy atom. The molecule has 1 heterocycles. The quantitative estimate of drug-likeness (QED) is 0.364. The summed E-state index contributed by atoms with van der Waals surface area (Å²) < 4.78 is 28.4. The Kier molecular flexibility index (Phi) is 7.61. The average Bonchev–Trinajstić information content (AvgIpc) is 2.88. The predicted octanol–water partition coefficient (Wildman–Crippen LogP) is 2.71. The maximum Gasteiger partial charge on any atom is 0.255 e. The zero-order valence-electron chi connectivity index (χ0n) is 19.7. The van der Waals surface area contributed by atoms with Crippen LogP contribution in [0, 0.1) is 11.6 Å². The molecule has 1 fully saturated rings. The number of carbonyl (C=O) groups is 3. The van der Waals surface area contributed by atoms with Crippen molar-refractivity contribution in [1.82, 2.24) is 5.32 Å². The van der Waals surface area contributed by atoms with Gasteiger partial charge in [-0.2, -0.15) is 0 Å². The van der Waals surface area contributed by atoms with Gasteiger partial charge < -0.3 is 25.7 Å². The summed E-state index contributed by atoms with van der Waals surface area (Å²) in [5.41, 5.74) is -0.0949. The van der Waals surface area contributed by atoms with E-state index in [2.05, 4.69) is 10.6 Å². The van der Waals surface area contributed by atoms with Gasteiger partial charge in [0.25, 0.3) is 11.8 Å². The molecule has 192 valence electrons. The lowest BCUT2D eigenvalue weighted by Gasteiger charge is -2.33. The van der Waals surface area contributed by atoms with E-state index in [4.69, 9.17) is 0 Å². The topological polar surface area (TPSA) is 119 Å². The molecule has 0 aromatic heterocycles. The van der Waals surface area contributed by atoms with E-state index in [9.17, 15) is 33.4 Å². The molecular weight excluding hydrogens is 484 g/mol. The van der Waals surface area contributed by atoms with Crippen molar-refractivity contribution >= 4 is 29.0 Å². The summed E-state index contributed by atoms with van der Waals surface area (Å²) in [6.07, 6.45) is 0.576. The molecule has 0 bridgehead atoms. The van der Waals surface area contributed by atoms with Crippen molar-refractivity contribution in [2.45, 2.75) is 24.7 Å². The molecule has 0 spiro atoms. The van der Waals surface area contributed by atoms with E-state index in [0.717, 1.165) is 12.1 Å². The van der Waals surface area contributed by atoms with E-state index < -0.39 is 40.8 Å². The number of piperidine rings is 1. The van der Waals surface area contributed by atoms with Crippen LogP contribution < -0.4 is 15.5 Å². The molecule has 0 saturated carbocycles. The maximum absolute atomic E-state index is 14.2. The summed E-state index contributed by atoms with van der Waals surface area (Å²) in [7, 11) is 0. The van der Waals surface area contributed by atoms with Crippen molar-refractivity contribution in [3.05, 3.63) is 95.6 Å². The highest BCUT2D eigenvalue weighted by Crippen LogP contribution is 2.30. The summed E-state index contributed by atoms with van der Waals surface area (Å²) in [4.78, 5) is 39.8. The van der Waals surface area contributed by atoms with Gasteiger partial charge in [-0.05, 0) is 30.3 Å². The second kappa shape index (κ2) is 10.9. The van der Waals surface area contributed by atoms with Gasteiger partial charge in [0.2, 0.25) is 5.79 Å². The van der Waals surface area contributed by atoms with Crippen LogP contribution in [0.15, 0.2) is 72.8 Å². The summed E-state index contributed by atoms with van der Waals surface area (Å²) in [6, 6.07) is 14.0. The van der Waals surface area contributed by atoms with Gasteiger partial charge in [0.15, 0.2) is 6.04 Å². The Bertz CT molecular complexity index is 1310. The monoisotopic (exact) mass is 509 g/mol. The van der Waals surface area contributed by atoms with Crippen LogP contribution in [0.1, 0.15) is 28.8 Å². The number of hydrogen-bond donors (Lipinski definition) is 4. The fourth-order valence-corrected chi connectivity index (χ4v) is 4.14. The Morgan fingerprint density at radius 3 is 2.24 bits per heavy atom. The molecule has 3 aromatic carbocycles. The molecule has 0 radical (unpaired) electrons. The Balaban J connectivity index is 1.68. The zero-order chi connectivity index (χ0) is 26.6. The van der Waals surface area contributed by atoms with E-state index in [1.54, 1.807) is 11.0 Å². The standard InChI is InChI=1S/C27H25F2N3O5/c28-18-10-11-23(32-14-12-19(33)13-15-32)22(16-18)30-26(35)24(27(36,37)17-6-2-1-3-7-17)31-25(34)20-8-4-5-9-21(20)29/h1-11,16,24,36-37H,12-15H2,(H,30,35)(H,31,34). The fourth-order valence-electron chi connectivity index (χ4n) is 4.14. The fraction of sp³-hybridized carbons (Fsp3) is 0.222. The summed E-state index contributed by atoms with van der Waals surface area (Å²) >= 11 is 0. The first-order valence-corrected chi connectivity index (χ1v) is 11.6. The third-order valence-corrected chi connectivity index (χ3v) is 6.14. The molecular formula is C27H25F2N3O5. The van der Waals surface area contributed by atoms with Crippen molar-refractivity contribution in [3.63, 3.8) is 0 Å². The number of ketones is 1. The second-order valence-electron chi connectivity index (χ2n) is 8.65. The lowest BCUT2D eigenvalue weighted by Crippen LogP contribution is -2.57. The van der Waals surface area contributed by atoms with E-state index in [1.807, 2.05) is 0 Å². The van der Waals surface area contributed by atoms with Gasteiger partial charge in [0.05, 0.1) is 16.9 Å². The van der Waals surface area contributed by atoms with Crippen LogP contribution in [0.5, 0.6) is 0 Å². The van der Waals surface area contributed by atoms with Crippen LogP contribution in [-0.2, 0) is 15.4 Å². The van der Waals surface area contributed by atoms with Gasteiger partial charge in [0.1, 0.15) is 17.4 Å². The summed E-state index contributed by atoms with van der Waals surface area (Å²) in [5.74, 6) is -6.51. The molecule has 1 atom stereocenters. The molecule has 10 heteroatoms. The van der Waals surface area contributed by atoms with Gasteiger partial charge in [-0.1, -0.05) is 42.5 Å². The van der Waals surface area contributed by atoms with Crippen molar-refractivity contribution in [2.75, 3.05) is 23.3 Å². The lowest BCUT2D eigenvalue weighted by molar-refractivity contribution is -0.191. The molecule has 37 heavy (non-hydrogen) atoms. The first-order valence-electron chi connectivity index (χ1n) is 11.6. The molecule has 1 aliphatic rings. The van der Waals surface area contributed by atoms with Gasteiger partial charge >= 0.3 is 0 Å². The van der Waals surface area contributed by atoms with Gasteiger partial charge in [-0.15, -0.1) is 0 Å². The third kappa shape index (κ3) is 5.82. The first kappa shape index (κ1) is 25.9. The van der Waals surface area contributed by atoms with Crippen molar-refractivity contribution in [3.8, 4) is 0 Å². The highest BCUT2D eigenvalue weighted by Gasteiger charge is 2.43. The normalized spacial score (nSPS) is 14.7. The predicted molar refractivity (Wildman–Crippen MR) is 132 cm³/mol. The average molecular weight is 510 g/mol. The number of hydrogen-bond acceptors (Lipinski definition) is 6. The molecule has 3 aromatic rings. The van der Waals surface area contributed by atoms with Crippen LogP contribution in [0.4, 0.5) is 20.2 Å². The van der Waals surface area contributed by atoms with E-state index in [0.29, 0.717) is 18.8 Å². The van der Waals surface area contributed by atoms with Crippen LogP contribution >= 0.6 is 0 Å². The second-order valence-corrected chi connectivity index (χ2v) is 8.65. The maximum atomic E-state index is 14.2. The van der Waals surface area contributed by atoms with E-state index in [-0.39, 0.29) is 29.9 Å². The molecule has 4 rings (SSSR count). The Morgan fingerprint density at radius 1 is 0.919 bits per heavy atom. The highest BCUT2D eigenvalue weighted by molar-refractivity contribution is 6.03. The first-order chi connectivity index (χ1) is 17.7. The molecule has 1 aliphatic heterocycles. The summed E-state index contributed by atoms with van der Waals surface area (Å²) in [5, 5.41) is 26.7. The Hall–Kier alpha value is -4.15. The Labute approximate surface area is 211 Å². The van der Waals surface area contributed by atoms with Gasteiger partial charge in [-0.25, -0.2) is 8.78 Å². The number of halogens is 2. The van der Waals surface area contributed by atoms with E-state index in [1.165, 1.54) is 54.6 Å². The lowest BCUT2D eigenvalue weighted by atomic mass is 9.96. The van der Waals surface area contributed by atoms with Crippen molar-refractivity contribution in [1.29, 1.82) is 0 Å². The minimum absolute atomic E-state index is 0.00773. The van der Waals surface area contributed by atoms with Crippen LogP contribution in [0.25, 0.3) is 0 Å². The molecule has 8 nitrogen and oxygen atoms in total. The number of Topliss-reactive ketones (excluding diaryl/α,β-unsaturated/α-hetero) is 1. The minimum Gasteiger partial charge on any atom is -0.369 e. The number of nitrogens with zero attached hydrogens (tertiary/aromatic N) is 1. The number of rotatable bonds is 7. The zero-order valence-corrected chi connectivity index (χ0v) is 19.7. The smallest absolute Gasteiger partial charge is 0.255 e. The summed E-state index contributed by atoms with van der Waals surface area (Å²) in [6.45, 7) is 0.712. The number of aliphatic hydroxyl groups is 2. The van der Waals surface area contributed by atoms with Gasteiger partial charge in [0, 0.05) is 31.5 Å². The number of anilines is 2. The van der Waals surface area contributed by atoms with Crippen LogP contribution in [0.3, 0.4) is 0 Å². The van der Waals surface area contributed by atoms with Gasteiger partial charge in [-0.3, -0.25) is 14.4 Å². The molecule has 4 N–H and O–H groups in total. The van der Waals surface area contributed by atoms with Crippen molar-refractivity contribution in [2.24, 2.45) is 0 Å². The number of amides is 2. The largest absolute Gasteiger partial charge is 0.369 e. The van der Waals surface area contributed by atoms with Crippen LogP contribution in [0.2, 0.25) is 0 Å². The highest BCUT2D eigenvalue weighted by atomic mass is 19.1.